The van der Waals surface area contributed by atoms with Crippen molar-refractivity contribution in [3.05, 3.63) is 22.4 Å². The van der Waals surface area contributed by atoms with Crippen molar-refractivity contribution in [3.8, 4) is 0 Å². The Hall–Kier alpha value is -0.790. The fraction of sp³-hybridized carbons (Fsp3) is 0.643. The van der Waals surface area contributed by atoms with Gasteiger partial charge in [-0.25, -0.2) is 13.2 Å². The Morgan fingerprint density at radius 2 is 2.14 bits per heavy atom. The SMILES string of the molecule is CC(C)(C)OC(=O)N1CC(CS(=O)(=O)Cl)C(c2ccsc2)C1. The molecule has 0 saturated carbocycles. The van der Waals surface area contributed by atoms with Gasteiger partial charge >= 0.3 is 6.09 Å². The van der Waals surface area contributed by atoms with Gasteiger partial charge < -0.3 is 9.64 Å². The Bertz CT molecular complexity index is 622. The van der Waals surface area contributed by atoms with Crippen molar-refractivity contribution >= 4 is 37.2 Å². The van der Waals surface area contributed by atoms with E-state index in [2.05, 4.69) is 0 Å². The molecule has 1 fully saturated rings. The Labute approximate surface area is 139 Å². The molecule has 22 heavy (non-hydrogen) atoms. The number of hydrogen-bond acceptors (Lipinski definition) is 5. The zero-order valence-electron chi connectivity index (χ0n) is 12.8. The van der Waals surface area contributed by atoms with Gasteiger partial charge in [0.15, 0.2) is 0 Å². The molecule has 0 spiro atoms. The van der Waals surface area contributed by atoms with E-state index >= 15 is 0 Å². The predicted molar refractivity (Wildman–Crippen MR) is 88.0 cm³/mol. The first-order valence-corrected chi connectivity index (χ1v) is 10.4. The Morgan fingerprint density at radius 3 is 2.64 bits per heavy atom. The molecule has 0 radical (unpaired) electrons. The Balaban J connectivity index is 2.16. The zero-order chi connectivity index (χ0) is 16.5. The van der Waals surface area contributed by atoms with Gasteiger partial charge in [-0.15, -0.1) is 0 Å². The van der Waals surface area contributed by atoms with Crippen LogP contribution < -0.4 is 0 Å². The van der Waals surface area contributed by atoms with E-state index in [0.717, 1.165) is 5.56 Å². The zero-order valence-corrected chi connectivity index (χ0v) is 15.2. The van der Waals surface area contributed by atoms with Gasteiger partial charge in [0.1, 0.15) is 5.60 Å². The van der Waals surface area contributed by atoms with Gasteiger partial charge in [-0.2, -0.15) is 11.3 Å². The number of hydrogen-bond donors (Lipinski definition) is 0. The molecule has 2 unspecified atom stereocenters. The summed E-state index contributed by atoms with van der Waals surface area (Å²) in [4.78, 5) is 13.8. The summed E-state index contributed by atoms with van der Waals surface area (Å²) in [6.45, 7) is 6.19. The van der Waals surface area contributed by atoms with E-state index in [0.29, 0.717) is 13.1 Å². The van der Waals surface area contributed by atoms with E-state index in [9.17, 15) is 13.2 Å². The van der Waals surface area contributed by atoms with Crippen LogP contribution in [-0.2, 0) is 13.8 Å². The highest BCUT2D eigenvalue weighted by molar-refractivity contribution is 8.13. The highest BCUT2D eigenvalue weighted by Crippen LogP contribution is 2.35. The molecule has 1 aromatic rings. The average Bonchev–Trinajstić information content (AvgIpc) is 2.92. The Morgan fingerprint density at radius 1 is 1.45 bits per heavy atom. The highest BCUT2D eigenvalue weighted by Gasteiger charge is 2.39. The molecule has 1 amide bonds. The lowest BCUT2D eigenvalue weighted by molar-refractivity contribution is 0.0288. The number of thiophene rings is 1. The molecule has 1 aliphatic heterocycles. The van der Waals surface area contributed by atoms with Crippen molar-refractivity contribution < 1.29 is 17.9 Å². The van der Waals surface area contributed by atoms with E-state index in [-0.39, 0.29) is 17.6 Å². The number of halogens is 1. The number of amides is 1. The molecule has 0 aliphatic carbocycles. The van der Waals surface area contributed by atoms with E-state index in [4.69, 9.17) is 15.4 Å². The van der Waals surface area contributed by atoms with Gasteiger partial charge in [-0.3, -0.25) is 0 Å². The van der Waals surface area contributed by atoms with E-state index in [1.165, 1.54) is 0 Å². The van der Waals surface area contributed by atoms with Gasteiger partial charge in [0.2, 0.25) is 9.05 Å². The van der Waals surface area contributed by atoms with Crippen LogP contribution in [0, 0.1) is 5.92 Å². The lowest BCUT2D eigenvalue weighted by Crippen LogP contribution is -2.35. The topological polar surface area (TPSA) is 63.7 Å². The molecule has 124 valence electrons. The molecule has 0 N–H and O–H groups in total. The summed E-state index contributed by atoms with van der Waals surface area (Å²) >= 11 is 1.55. The molecule has 2 atom stereocenters. The number of rotatable bonds is 3. The first kappa shape index (κ1) is 17.6. The van der Waals surface area contributed by atoms with E-state index < -0.39 is 20.7 Å². The molecule has 2 heterocycles. The summed E-state index contributed by atoms with van der Waals surface area (Å²) in [5.74, 6) is -0.397. The van der Waals surface area contributed by atoms with Crippen molar-refractivity contribution in [3.63, 3.8) is 0 Å². The molecule has 1 aromatic heterocycles. The summed E-state index contributed by atoms with van der Waals surface area (Å²) in [6, 6.07) is 1.96. The van der Waals surface area contributed by atoms with Gasteiger partial charge in [0.05, 0.1) is 5.75 Å². The largest absolute Gasteiger partial charge is 0.444 e. The van der Waals surface area contributed by atoms with Crippen molar-refractivity contribution in [1.29, 1.82) is 0 Å². The molecule has 0 aromatic carbocycles. The fourth-order valence-electron chi connectivity index (χ4n) is 2.64. The second-order valence-electron chi connectivity index (χ2n) is 6.51. The fourth-order valence-corrected chi connectivity index (χ4v) is 4.69. The van der Waals surface area contributed by atoms with Crippen LogP contribution >= 0.6 is 22.0 Å². The molecular weight excluding hydrogens is 346 g/mol. The molecule has 1 saturated heterocycles. The smallest absolute Gasteiger partial charge is 0.410 e. The Kier molecular flexibility index (Phi) is 5.09. The molecule has 8 heteroatoms. The molecular formula is C14H20ClNO4S2. The minimum Gasteiger partial charge on any atom is -0.444 e. The molecule has 5 nitrogen and oxygen atoms in total. The number of carbonyl (C=O) groups excluding carboxylic acids is 1. The maximum Gasteiger partial charge on any atom is 0.410 e. The van der Waals surface area contributed by atoms with E-state index in [1.54, 1.807) is 37.0 Å². The third-order valence-corrected chi connectivity index (χ3v) is 5.38. The monoisotopic (exact) mass is 365 g/mol. The van der Waals surface area contributed by atoms with Crippen LogP contribution in [0.4, 0.5) is 4.79 Å². The van der Waals surface area contributed by atoms with Crippen LogP contribution in [0.5, 0.6) is 0 Å². The van der Waals surface area contributed by atoms with Gasteiger partial charge in [-0.1, -0.05) is 0 Å². The lowest BCUT2D eigenvalue weighted by Gasteiger charge is -2.24. The second-order valence-corrected chi connectivity index (χ2v) is 10.1. The summed E-state index contributed by atoms with van der Waals surface area (Å²) in [5.41, 5.74) is 0.465. The average molecular weight is 366 g/mol. The third-order valence-electron chi connectivity index (χ3n) is 3.48. The second kappa shape index (κ2) is 6.37. The quantitative estimate of drug-likeness (QED) is 0.771. The van der Waals surface area contributed by atoms with Gasteiger partial charge in [-0.05, 0) is 43.2 Å². The van der Waals surface area contributed by atoms with Crippen LogP contribution in [-0.4, -0.2) is 43.9 Å². The first-order valence-electron chi connectivity index (χ1n) is 6.97. The summed E-state index contributed by atoms with van der Waals surface area (Å²) in [5, 5.41) is 3.93. The standard InChI is InChI=1S/C14H20ClNO4S2/c1-14(2,3)20-13(17)16-6-11(9-22(15,18)19)12(7-16)10-4-5-21-8-10/h4-5,8,11-12H,6-7,9H2,1-3H3. The van der Waals surface area contributed by atoms with Crippen molar-refractivity contribution in [2.45, 2.75) is 32.3 Å². The summed E-state index contributed by atoms with van der Waals surface area (Å²) in [7, 11) is 1.79. The maximum absolute atomic E-state index is 12.2. The normalized spacial score (nSPS) is 22.8. The first-order chi connectivity index (χ1) is 10.1. The van der Waals surface area contributed by atoms with Crippen LogP contribution in [0.3, 0.4) is 0 Å². The van der Waals surface area contributed by atoms with Crippen LogP contribution in [0.2, 0.25) is 0 Å². The van der Waals surface area contributed by atoms with Crippen molar-refractivity contribution in [2.24, 2.45) is 5.92 Å². The minimum atomic E-state index is -3.62. The molecule has 2 rings (SSSR count). The van der Waals surface area contributed by atoms with Crippen LogP contribution in [0.1, 0.15) is 32.3 Å². The van der Waals surface area contributed by atoms with Crippen molar-refractivity contribution in [1.82, 2.24) is 4.90 Å². The maximum atomic E-state index is 12.2. The summed E-state index contributed by atoms with van der Waals surface area (Å²) in [6.07, 6.45) is -0.415. The number of carbonyl (C=O) groups is 1. The number of nitrogens with zero attached hydrogens (tertiary/aromatic N) is 1. The van der Waals surface area contributed by atoms with Crippen LogP contribution in [0.25, 0.3) is 0 Å². The number of ether oxygens (including phenoxy) is 1. The molecule has 0 bridgehead atoms. The van der Waals surface area contributed by atoms with E-state index in [1.807, 2.05) is 16.8 Å². The minimum absolute atomic E-state index is 0.0349. The summed E-state index contributed by atoms with van der Waals surface area (Å²) < 4.78 is 28.3. The highest BCUT2D eigenvalue weighted by atomic mass is 35.7. The van der Waals surface area contributed by atoms with Crippen molar-refractivity contribution in [2.75, 3.05) is 18.8 Å². The van der Waals surface area contributed by atoms with Crippen LogP contribution in [0.15, 0.2) is 16.8 Å². The predicted octanol–water partition coefficient (Wildman–Crippen LogP) is 3.27. The van der Waals surface area contributed by atoms with Gasteiger partial charge in [0, 0.05) is 35.6 Å². The third kappa shape index (κ3) is 4.86. The number of likely N-dealkylation sites (tertiary alicyclic amines) is 1. The molecule has 1 aliphatic rings. The lowest BCUT2D eigenvalue weighted by atomic mass is 9.92. The van der Waals surface area contributed by atoms with Gasteiger partial charge in [0.25, 0.3) is 0 Å².